The number of hydrogen-bond acceptors (Lipinski definition) is 3. The van der Waals surface area contributed by atoms with Gasteiger partial charge in [-0.2, -0.15) is 0 Å². The highest BCUT2D eigenvalue weighted by Crippen LogP contribution is 2.24. The van der Waals surface area contributed by atoms with E-state index in [0.29, 0.717) is 12.4 Å². The first-order chi connectivity index (χ1) is 7.74. The van der Waals surface area contributed by atoms with Crippen LogP contribution in [0.4, 0.5) is 0 Å². The lowest BCUT2D eigenvalue weighted by Crippen LogP contribution is -1.95. The van der Waals surface area contributed by atoms with Gasteiger partial charge in [0.25, 0.3) is 0 Å². The van der Waals surface area contributed by atoms with Crippen LogP contribution in [-0.2, 0) is 13.0 Å². The molecule has 1 aromatic heterocycles. The van der Waals surface area contributed by atoms with Crippen molar-refractivity contribution in [1.29, 1.82) is 0 Å². The average molecular weight is 216 g/mol. The molecule has 0 bridgehead atoms. The summed E-state index contributed by atoms with van der Waals surface area (Å²) in [7, 11) is 0. The molecule has 0 atom stereocenters. The molecule has 0 amide bonds. The van der Waals surface area contributed by atoms with Crippen molar-refractivity contribution in [2.75, 3.05) is 0 Å². The second-order valence-electron chi connectivity index (χ2n) is 3.78. The standard InChI is InChI=1S/C13H16N2O/c1-3-10-4-6-11(7-5-10)13-9(2)15-12(8-14)16-13/h4-7H,3,8,14H2,1-2H3. The molecule has 0 saturated carbocycles. The van der Waals surface area contributed by atoms with Gasteiger partial charge in [-0.1, -0.05) is 31.2 Å². The largest absolute Gasteiger partial charge is 0.439 e. The van der Waals surface area contributed by atoms with E-state index in [-0.39, 0.29) is 0 Å². The predicted octanol–water partition coefficient (Wildman–Crippen LogP) is 2.67. The van der Waals surface area contributed by atoms with E-state index in [1.807, 2.05) is 6.92 Å². The van der Waals surface area contributed by atoms with E-state index < -0.39 is 0 Å². The van der Waals surface area contributed by atoms with Gasteiger partial charge in [-0.3, -0.25) is 0 Å². The molecule has 0 saturated heterocycles. The minimum absolute atomic E-state index is 0.341. The molecule has 2 rings (SSSR count). The molecule has 0 aliphatic carbocycles. The Hall–Kier alpha value is -1.61. The Balaban J connectivity index is 2.38. The highest BCUT2D eigenvalue weighted by Gasteiger charge is 2.10. The van der Waals surface area contributed by atoms with Gasteiger partial charge in [-0.05, 0) is 18.9 Å². The quantitative estimate of drug-likeness (QED) is 0.858. The van der Waals surface area contributed by atoms with Crippen LogP contribution in [0.5, 0.6) is 0 Å². The maximum atomic E-state index is 5.59. The lowest BCUT2D eigenvalue weighted by atomic mass is 10.1. The first kappa shape index (κ1) is 10.9. The third-order valence-corrected chi connectivity index (χ3v) is 2.64. The summed E-state index contributed by atoms with van der Waals surface area (Å²) in [6, 6.07) is 8.35. The van der Waals surface area contributed by atoms with Gasteiger partial charge in [0.15, 0.2) is 5.76 Å². The zero-order chi connectivity index (χ0) is 11.5. The molecular weight excluding hydrogens is 200 g/mol. The molecule has 16 heavy (non-hydrogen) atoms. The van der Waals surface area contributed by atoms with E-state index >= 15 is 0 Å². The van der Waals surface area contributed by atoms with Crippen molar-refractivity contribution < 1.29 is 4.42 Å². The van der Waals surface area contributed by atoms with Crippen molar-refractivity contribution in [2.45, 2.75) is 26.8 Å². The number of benzene rings is 1. The molecule has 1 aromatic carbocycles. The van der Waals surface area contributed by atoms with E-state index in [4.69, 9.17) is 10.2 Å². The van der Waals surface area contributed by atoms with Crippen molar-refractivity contribution >= 4 is 0 Å². The van der Waals surface area contributed by atoms with Gasteiger partial charge in [0, 0.05) is 5.56 Å². The molecule has 84 valence electrons. The van der Waals surface area contributed by atoms with Crippen LogP contribution in [0, 0.1) is 6.92 Å². The van der Waals surface area contributed by atoms with Gasteiger partial charge in [0.2, 0.25) is 5.89 Å². The molecular formula is C13H16N2O. The number of aromatic nitrogens is 1. The molecule has 0 spiro atoms. The number of hydrogen-bond donors (Lipinski definition) is 1. The molecule has 1 heterocycles. The zero-order valence-electron chi connectivity index (χ0n) is 9.66. The highest BCUT2D eigenvalue weighted by molar-refractivity contribution is 5.60. The number of aryl methyl sites for hydroxylation is 2. The molecule has 0 fully saturated rings. The number of rotatable bonds is 3. The molecule has 3 nitrogen and oxygen atoms in total. The fourth-order valence-electron chi connectivity index (χ4n) is 1.70. The normalized spacial score (nSPS) is 10.7. The van der Waals surface area contributed by atoms with Crippen LogP contribution in [0.2, 0.25) is 0 Å². The average Bonchev–Trinajstić information content (AvgIpc) is 2.71. The van der Waals surface area contributed by atoms with Crippen LogP contribution >= 0.6 is 0 Å². The minimum Gasteiger partial charge on any atom is -0.439 e. The van der Waals surface area contributed by atoms with Crippen LogP contribution in [0.15, 0.2) is 28.7 Å². The monoisotopic (exact) mass is 216 g/mol. The summed E-state index contributed by atoms with van der Waals surface area (Å²) in [6.07, 6.45) is 1.05. The molecule has 0 unspecified atom stereocenters. The summed E-state index contributed by atoms with van der Waals surface area (Å²) in [4.78, 5) is 4.26. The summed E-state index contributed by atoms with van der Waals surface area (Å²) in [5.41, 5.74) is 8.77. The van der Waals surface area contributed by atoms with Crippen molar-refractivity contribution in [3.63, 3.8) is 0 Å². The van der Waals surface area contributed by atoms with Gasteiger partial charge < -0.3 is 10.2 Å². The number of nitrogens with zero attached hydrogens (tertiary/aromatic N) is 1. The van der Waals surface area contributed by atoms with E-state index in [1.165, 1.54) is 5.56 Å². The Labute approximate surface area is 95.3 Å². The summed E-state index contributed by atoms with van der Waals surface area (Å²) in [5.74, 6) is 1.41. The molecule has 2 aromatic rings. The van der Waals surface area contributed by atoms with Gasteiger partial charge in [0.1, 0.15) is 0 Å². The minimum atomic E-state index is 0.341. The molecule has 0 aliphatic rings. The molecule has 0 radical (unpaired) electrons. The van der Waals surface area contributed by atoms with E-state index in [0.717, 1.165) is 23.4 Å². The van der Waals surface area contributed by atoms with Crippen molar-refractivity contribution in [2.24, 2.45) is 5.73 Å². The lowest BCUT2D eigenvalue weighted by molar-refractivity contribution is 0.509. The Kier molecular flexibility index (Phi) is 3.06. The summed E-state index contributed by atoms with van der Waals surface area (Å²) >= 11 is 0. The SMILES string of the molecule is CCc1ccc(-c2oc(CN)nc2C)cc1. The fraction of sp³-hybridized carbons (Fsp3) is 0.308. The Morgan fingerprint density at radius 1 is 1.25 bits per heavy atom. The van der Waals surface area contributed by atoms with E-state index in [2.05, 4.69) is 36.2 Å². The predicted molar refractivity (Wildman–Crippen MR) is 63.9 cm³/mol. The molecule has 2 N–H and O–H groups in total. The fourth-order valence-corrected chi connectivity index (χ4v) is 1.70. The van der Waals surface area contributed by atoms with E-state index in [9.17, 15) is 0 Å². The van der Waals surface area contributed by atoms with Crippen molar-refractivity contribution in [1.82, 2.24) is 4.98 Å². The van der Waals surface area contributed by atoms with Crippen molar-refractivity contribution in [3.05, 3.63) is 41.4 Å². The van der Waals surface area contributed by atoms with Crippen LogP contribution in [0.25, 0.3) is 11.3 Å². The van der Waals surface area contributed by atoms with Crippen LogP contribution in [0.3, 0.4) is 0 Å². The molecule has 3 heteroatoms. The van der Waals surface area contributed by atoms with Crippen molar-refractivity contribution in [3.8, 4) is 11.3 Å². The Bertz CT molecular complexity index is 471. The Morgan fingerprint density at radius 2 is 1.94 bits per heavy atom. The summed E-state index contributed by atoms with van der Waals surface area (Å²) < 4.78 is 5.59. The lowest BCUT2D eigenvalue weighted by Gasteiger charge is -2.00. The number of oxazole rings is 1. The maximum Gasteiger partial charge on any atom is 0.208 e. The van der Waals surface area contributed by atoms with Gasteiger partial charge in [-0.15, -0.1) is 0 Å². The maximum absolute atomic E-state index is 5.59. The first-order valence-electron chi connectivity index (χ1n) is 5.50. The smallest absolute Gasteiger partial charge is 0.208 e. The molecule has 0 aliphatic heterocycles. The second-order valence-corrected chi connectivity index (χ2v) is 3.78. The third-order valence-electron chi connectivity index (χ3n) is 2.64. The van der Waals surface area contributed by atoms with Gasteiger partial charge >= 0.3 is 0 Å². The van der Waals surface area contributed by atoms with Gasteiger partial charge in [0.05, 0.1) is 12.2 Å². The van der Waals surface area contributed by atoms with Crippen LogP contribution in [0.1, 0.15) is 24.1 Å². The van der Waals surface area contributed by atoms with Gasteiger partial charge in [-0.25, -0.2) is 4.98 Å². The topological polar surface area (TPSA) is 52.0 Å². The summed E-state index contributed by atoms with van der Waals surface area (Å²) in [6.45, 7) is 4.42. The van der Waals surface area contributed by atoms with Crippen LogP contribution < -0.4 is 5.73 Å². The second kappa shape index (κ2) is 4.49. The van der Waals surface area contributed by atoms with E-state index in [1.54, 1.807) is 0 Å². The third kappa shape index (κ3) is 1.99. The zero-order valence-corrected chi connectivity index (χ0v) is 9.66. The summed E-state index contributed by atoms with van der Waals surface area (Å²) in [5, 5.41) is 0. The first-order valence-corrected chi connectivity index (χ1v) is 5.50. The van der Waals surface area contributed by atoms with Crippen LogP contribution in [-0.4, -0.2) is 4.98 Å². The highest BCUT2D eigenvalue weighted by atomic mass is 16.4. The number of nitrogens with two attached hydrogens (primary N) is 1. The Morgan fingerprint density at radius 3 is 2.44 bits per heavy atom.